The van der Waals surface area contributed by atoms with Gasteiger partial charge in [-0.2, -0.15) is 4.31 Å². The van der Waals surface area contributed by atoms with Crippen LogP contribution in [0, 0.1) is 0 Å². The molecule has 3 rings (SSSR count). The quantitative estimate of drug-likeness (QED) is 0.816. The predicted molar refractivity (Wildman–Crippen MR) is 104 cm³/mol. The van der Waals surface area contributed by atoms with E-state index in [9.17, 15) is 18.0 Å². The van der Waals surface area contributed by atoms with E-state index in [4.69, 9.17) is 0 Å². The molecule has 27 heavy (non-hydrogen) atoms. The zero-order valence-electron chi connectivity index (χ0n) is 15.6. The first-order chi connectivity index (χ1) is 12.8. The van der Waals surface area contributed by atoms with Gasteiger partial charge in [0.2, 0.25) is 15.6 Å². The third kappa shape index (κ3) is 4.06. The molecule has 2 aromatic rings. The molecule has 1 aromatic heterocycles. The van der Waals surface area contributed by atoms with Gasteiger partial charge < -0.3 is 10.3 Å². The number of piperidine rings is 1. The Bertz CT molecular complexity index is 1010. The van der Waals surface area contributed by atoms with Crippen LogP contribution in [-0.4, -0.2) is 42.7 Å². The van der Waals surface area contributed by atoms with Crippen molar-refractivity contribution in [2.75, 3.05) is 13.1 Å². The molecule has 1 amide bonds. The summed E-state index contributed by atoms with van der Waals surface area (Å²) in [4.78, 5) is 27.4. The van der Waals surface area contributed by atoms with Crippen LogP contribution in [0.2, 0.25) is 0 Å². The summed E-state index contributed by atoms with van der Waals surface area (Å²) in [6.07, 6.45) is 3.48. The van der Waals surface area contributed by atoms with Crippen LogP contribution in [0.15, 0.2) is 34.0 Å². The summed E-state index contributed by atoms with van der Waals surface area (Å²) in [5.41, 5.74) is 0.225. The Kier molecular flexibility index (Phi) is 5.67. The van der Waals surface area contributed by atoms with Gasteiger partial charge in [0.1, 0.15) is 0 Å². The lowest BCUT2D eigenvalue weighted by Gasteiger charge is -2.26. The van der Waals surface area contributed by atoms with Crippen LogP contribution < -0.4 is 10.9 Å². The Morgan fingerprint density at radius 1 is 1.22 bits per heavy atom. The number of benzene rings is 1. The summed E-state index contributed by atoms with van der Waals surface area (Å²) < 4.78 is 27.4. The number of hydrogen-bond acceptors (Lipinski definition) is 4. The Labute approximate surface area is 158 Å². The van der Waals surface area contributed by atoms with Gasteiger partial charge in [-0.15, -0.1) is 0 Å². The molecule has 1 fully saturated rings. The van der Waals surface area contributed by atoms with Gasteiger partial charge in [-0.05, 0) is 44.4 Å². The summed E-state index contributed by atoms with van der Waals surface area (Å²) in [7, 11) is -3.62. The fraction of sp³-hybridized carbons (Fsp3) is 0.474. The minimum Gasteiger partial charge on any atom is -0.350 e. The largest absolute Gasteiger partial charge is 0.350 e. The van der Waals surface area contributed by atoms with Gasteiger partial charge in [0, 0.05) is 36.1 Å². The number of H-pyrrole nitrogens is 1. The lowest BCUT2D eigenvalue weighted by molar-refractivity contribution is 0.0940. The molecule has 1 aliphatic rings. The van der Waals surface area contributed by atoms with E-state index in [1.165, 1.54) is 22.5 Å². The minimum atomic E-state index is -3.62. The molecule has 1 unspecified atom stereocenters. The Morgan fingerprint density at radius 3 is 2.59 bits per heavy atom. The van der Waals surface area contributed by atoms with Crippen LogP contribution in [0.1, 0.15) is 49.9 Å². The van der Waals surface area contributed by atoms with Gasteiger partial charge in [-0.3, -0.25) is 9.59 Å². The number of nitrogens with zero attached hydrogens (tertiary/aromatic N) is 1. The van der Waals surface area contributed by atoms with E-state index >= 15 is 0 Å². The number of nitrogens with one attached hydrogen (secondary N) is 2. The molecular formula is C19H25N3O4S. The van der Waals surface area contributed by atoms with Crippen molar-refractivity contribution in [2.45, 2.75) is 50.5 Å². The molecule has 146 valence electrons. The van der Waals surface area contributed by atoms with Crippen LogP contribution >= 0.6 is 0 Å². The van der Waals surface area contributed by atoms with Gasteiger partial charge in [-0.25, -0.2) is 8.42 Å². The number of fused-ring (bicyclic) bond motifs is 1. The van der Waals surface area contributed by atoms with E-state index in [2.05, 4.69) is 10.3 Å². The molecule has 2 N–H and O–H groups in total. The zero-order chi connectivity index (χ0) is 19.6. The normalized spacial score (nSPS) is 17.0. The van der Waals surface area contributed by atoms with Crippen molar-refractivity contribution in [1.82, 2.24) is 14.6 Å². The van der Waals surface area contributed by atoms with Crippen molar-refractivity contribution in [2.24, 2.45) is 0 Å². The molecule has 0 radical (unpaired) electrons. The highest BCUT2D eigenvalue weighted by atomic mass is 32.2. The van der Waals surface area contributed by atoms with Crippen molar-refractivity contribution in [3.63, 3.8) is 0 Å². The summed E-state index contributed by atoms with van der Waals surface area (Å²) in [5, 5.41) is 3.26. The topological polar surface area (TPSA) is 99.3 Å². The molecule has 0 aliphatic carbocycles. The summed E-state index contributed by atoms with van der Waals surface area (Å²) in [6.45, 7) is 4.84. The maximum Gasteiger partial charge on any atom is 0.252 e. The standard InChI is InChI=1S/C19H25N3O4S/c1-3-13(2)20-19(24)16-12-18(23)21-17-8-7-14(11-15(16)17)27(25,26)22-9-5-4-6-10-22/h7-8,11-13H,3-6,9-10H2,1-2H3,(H,20,24)(H,21,23). The number of sulfonamides is 1. The molecule has 1 atom stereocenters. The second-order valence-corrected chi connectivity index (χ2v) is 8.94. The van der Waals surface area contributed by atoms with E-state index in [1.54, 1.807) is 6.07 Å². The average molecular weight is 391 g/mol. The van der Waals surface area contributed by atoms with Gasteiger partial charge in [0.15, 0.2) is 0 Å². The Morgan fingerprint density at radius 2 is 1.93 bits per heavy atom. The van der Waals surface area contributed by atoms with Crippen molar-refractivity contribution >= 4 is 26.8 Å². The molecule has 7 nitrogen and oxygen atoms in total. The van der Waals surface area contributed by atoms with Crippen LogP contribution in [0.3, 0.4) is 0 Å². The smallest absolute Gasteiger partial charge is 0.252 e. The fourth-order valence-corrected chi connectivity index (χ4v) is 4.78. The summed E-state index contributed by atoms with van der Waals surface area (Å²) >= 11 is 0. The van der Waals surface area contributed by atoms with E-state index < -0.39 is 15.6 Å². The van der Waals surface area contributed by atoms with Gasteiger partial charge in [0.05, 0.1) is 10.5 Å². The van der Waals surface area contributed by atoms with Crippen molar-refractivity contribution in [3.05, 3.63) is 40.2 Å². The van der Waals surface area contributed by atoms with Crippen molar-refractivity contribution in [3.8, 4) is 0 Å². The first-order valence-corrected chi connectivity index (χ1v) is 10.7. The number of aromatic nitrogens is 1. The number of pyridine rings is 1. The highest BCUT2D eigenvalue weighted by molar-refractivity contribution is 7.89. The second kappa shape index (κ2) is 7.82. The fourth-order valence-electron chi connectivity index (χ4n) is 3.24. The number of carbonyl (C=O) groups excluding carboxylic acids is 1. The van der Waals surface area contributed by atoms with E-state index in [0.717, 1.165) is 25.7 Å². The molecule has 1 aromatic carbocycles. The second-order valence-electron chi connectivity index (χ2n) is 7.00. The van der Waals surface area contributed by atoms with Gasteiger partial charge >= 0.3 is 0 Å². The van der Waals surface area contributed by atoms with Crippen LogP contribution in [0.4, 0.5) is 0 Å². The lowest BCUT2D eigenvalue weighted by atomic mass is 10.1. The van der Waals surface area contributed by atoms with Crippen LogP contribution in [0.25, 0.3) is 10.9 Å². The molecule has 1 aliphatic heterocycles. The average Bonchev–Trinajstić information content (AvgIpc) is 2.67. The molecule has 0 spiro atoms. The third-order valence-electron chi connectivity index (χ3n) is 5.00. The first-order valence-electron chi connectivity index (χ1n) is 9.31. The van der Waals surface area contributed by atoms with Gasteiger partial charge in [0.25, 0.3) is 5.91 Å². The minimum absolute atomic E-state index is 0.0490. The lowest BCUT2D eigenvalue weighted by Crippen LogP contribution is -2.35. The number of carbonyl (C=O) groups is 1. The molecule has 1 saturated heterocycles. The SMILES string of the molecule is CCC(C)NC(=O)c1cc(=O)[nH]c2ccc(S(=O)(=O)N3CCCCC3)cc12. The van der Waals surface area contributed by atoms with Gasteiger partial charge in [-0.1, -0.05) is 13.3 Å². The number of amides is 1. The molecular weight excluding hydrogens is 366 g/mol. The van der Waals surface area contributed by atoms with Crippen LogP contribution in [0.5, 0.6) is 0 Å². The third-order valence-corrected chi connectivity index (χ3v) is 6.90. The highest BCUT2D eigenvalue weighted by Crippen LogP contribution is 2.25. The predicted octanol–water partition coefficient (Wildman–Crippen LogP) is 2.23. The summed E-state index contributed by atoms with van der Waals surface area (Å²) in [6, 6.07) is 5.69. The van der Waals surface area contributed by atoms with E-state index in [0.29, 0.717) is 24.0 Å². The molecule has 0 bridgehead atoms. The summed E-state index contributed by atoms with van der Waals surface area (Å²) in [5.74, 6) is -0.382. The highest BCUT2D eigenvalue weighted by Gasteiger charge is 2.26. The maximum atomic E-state index is 13.0. The molecule has 2 heterocycles. The van der Waals surface area contributed by atoms with E-state index in [1.807, 2.05) is 13.8 Å². The number of hydrogen-bond donors (Lipinski definition) is 2. The van der Waals surface area contributed by atoms with Crippen molar-refractivity contribution < 1.29 is 13.2 Å². The van der Waals surface area contributed by atoms with Crippen molar-refractivity contribution in [1.29, 1.82) is 0 Å². The van der Waals surface area contributed by atoms with Crippen LogP contribution in [-0.2, 0) is 10.0 Å². The maximum absolute atomic E-state index is 13.0. The Balaban J connectivity index is 2.08. The van der Waals surface area contributed by atoms with E-state index in [-0.39, 0.29) is 22.4 Å². The first kappa shape index (κ1) is 19.6. The molecule has 8 heteroatoms. The monoisotopic (exact) mass is 391 g/mol. The number of aromatic amines is 1. The molecule has 0 saturated carbocycles. The number of rotatable bonds is 5. The Hall–Kier alpha value is -2.19. The zero-order valence-corrected chi connectivity index (χ0v) is 16.4.